The van der Waals surface area contributed by atoms with E-state index < -0.39 is 24.1 Å². The minimum atomic E-state index is -1.34. The van der Waals surface area contributed by atoms with Crippen molar-refractivity contribution >= 4 is 23.3 Å². The Morgan fingerprint density at radius 1 is 1.33 bits per heavy atom. The number of aliphatic hydroxyl groups excluding tert-OH is 2. The lowest BCUT2D eigenvalue weighted by Crippen LogP contribution is -2.23. The Kier molecular flexibility index (Phi) is 5.26. The summed E-state index contributed by atoms with van der Waals surface area (Å²) < 4.78 is 8.94. The standard InChI is InChI=1S/C11H14O6S/c1-16-8(13)5-7(12)9(14)6-3-4-18-10(6)11(15)17-2/h3-4,7,9,12,14H,5H2,1-2H3. The molecular formula is C11H14O6S. The van der Waals surface area contributed by atoms with Crippen LogP contribution in [-0.4, -0.2) is 42.5 Å². The fourth-order valence-electron chi connectivity index (χ4n) is 1.38. The number of rotatable bonds is 5. The zero-order valence-corrected chi connectivity index (χ0v) is 10.8. The predicted octanol–water partition coefficient (Wildman–Crippen LogP) is 0.492. The van der Waals surface area contributed by atoms with E-state index in [1.165, 1.54) is 20.3 Å². The Hall–Kier alpha value is -1.44. The molecule has 6 nitrogen and oxygen atoms in total. The first-order valence-corrected chi connectivity index (χ1v) is 5.97. The van der Waals surface area contributed by atoms with Gasteiger partial charge < -0.3 is 19.7 Å². The highest BCUT2D eigenvalue weighted by molar-refractivity contribution is 7.12. The number of esters is 2. The van der Waals surface area contributed by atoms with Crippen LogP contribution in [0.3, 0.4) is 0 Å². The van der Waals surface area contributed by atoms with Crippen molar-refractivity contribution in [2.24, 2.45) is 0 Å². The fraction of sp³-hybridized carbons (Fsp3) is 0.455. The topological polar surface area (TPSA) is 93.1 Å². The first-order chi connectivity index (χ1) is 8.51. The number of carbonyl (C=O) groups excluding carboxylic acids is 2. The third-order valence-corrected chi connectivity index (χ3v) is 3.26. The van der Waals surface area contributed by atoms with Gasteiger partial charge >= 0.3 is 11.9 Å². The van der Waals surface area contributed by atoms with Gasteiger partial charge in [-0.05, 0) is 11.4 Å². The lowest BCUT2D eigenvalue weighted by atomic mass is 10.0. The minimum Gasteiger partial charge on any atom is -0.469 e. The average molecular weight is 274 g/mol. The molecule has 1 rings (SSSR count). The molecule has 1 aromatic heterocycles. The van der Waals surface area contributed by atoms with Crippen molar-refractivity contribution in [3.8, 4) is 0 Å². The molecule has 18 heavy (non-hydrogen) atoms. The van der Waals surface area contributed by atoms with E-state index in [1.807, 2.05) is 0 Å². The number of thiophene rings is 1. The van der Waals surface area contributed by atoms with Gasteiger partial charge in [0.15, 0.2) is 0 Å². The summed E-state index contributed by atoms with van der Waals surface area (Å²) in [5.74, 6) is -1.24. The van der Waals surface area contributed by atoms with Crippen LogP contribution in [0.5, 0.6) is 0 Å². The molecule has 0 saturated heterocycles. The maximum Gasteiger partial charge on any atom is 0.348 e. The number of hydrogen-bond acceptors (Lipinski definition) is 7. The minimum absolute atomic E-state index is 0.203. The molecule has 0 spiro atoms. The van der Waals surface area contributed by atoms with Crippen LogP contribution in [0.4, 0.5) is 0 Å². The molecule has 100 valence electrons. The largest absolute Gasteiger partial charge is 0.469 e. The van der Waals surface area contributed by atoms with Crippen LogP contribution in [0.1, 0.15) is 27.8 Å². The van der Waals surface area contributed by atoms with Crippen molar-refractivity contribution in [1.82, 2.24) is 0 Å². The van der Waals surface area contributed by atoms with Gasteiger partial charge in [-0.15, -0.1) is 11.3 Å². The Morgan fingerprint density at radius 3 is 2.56 bits per heavy atom. The highest BCUT2D eigenvalue weighted by Gasteiger charge is 2.27. The number of aliphatic hydroxyl groups is 2. The summed E-state index contributed by atoms with van der Waals surface area (Å²) in [4.78, 5) is 22.6. The summed E-state index contributed by atoms with van der Waals surface area (Å²) in [6.07, 6.45) is -3.03. The van der Waals surface area contributed by atoms with Gasteiger partial charge in [-0.1, -0.05) is 0 Å². The van der Waals surface area contributed by atoms with Crippen LogP contribution in [0.25, 0.3) is 0 Å². The quantitative estimate of drug-likeness (QED) is 0.759. The smallest absolute Gasteiger partial charge is 0.348 e. The van der Waals surface area contributed by atoms with E-state index in [2.05, 4.69) is 9.47 Å². The maximum atomic E-state index is 11.4. The van der Waals surface area contributed by atoms with Crippen LogP contribution in [0.2, 0.25) is 0 Å². The molecule has 2 N–H and O–H groups in total. The summed E-state index contributed by atoms with van der Waals surface area (Å²) >= 11 is 1.09. The summed E-state index contributed by atoms with van der Waals surface area (Å²) in [5, 5.41) is 21.2. The molecule has 0 aromatic carbocycles. The highest BCUT2D eigenvalue weighted by Crippen LogP contribution is 2.27. The summed E-state index contributed by atoms with van der Waals surface area (Å²) in [5.41, 5.74) is 0.239. The second-order valence-electron chi connectivity index (χ2n) is 3.49. The zero-order chi connectivity index (χ0) is 13.7. The van der Waals surface area contributed by atoms with Gasteiger partial charge in [-0.25, -0.2) is 4.79 Å². The van der Waals surface area contributed by atoms with E-state index >= 15 is 0 Å². The van der Waals surface area contributed by atoms with Gasteiger partial charge in [0.25, 0.3) is 0 Å². The Morgan fingerprint density at radius 2 is 2.00 bits per heavy atom. The van der Waals surface area contributed by atoms with Crippen LogP contribution in [0, 0.1) is 0 Å². The van der Waals surface area contributed by atoms with Crippen molar-refractivity contribution in [3.63, 3.8) is 0 Å². The van der Waals surface area contributed by atoms with Crippen molar-refractivity contribution in [1.29, 1.82) is 0 Å². The summed E-state index contributed by atoms with van der Waals surface area (Å²) in [6, 6.07) is 1.50. The van der Waals surface area contributed by atoms with Crippen LogP contribution in [-0.2, 0) is 14.3 Å². The van der Waals surface area contributed by atoms with Gasteiger partial charge in [0.05, 0.1) is 26.7 Å². The van der Waals surface area contributed by atoms with Crippen LogP contribution >= 0.6 is 11.3 Å². The number of carbonyl (C=O) groups is 2. The molecule has 0 saturated carbocycles. The van der Waals surface area contributed by atoms with Gasteiger partial charge in [0.1, 0.15) is 11.0 Å². The maximum absolute atomic E-state index is 11.4. The van der Waals surface area contributed by atoms with E-state index in [0.717, 1.165) is 11.3 Å². The molecule has 1 aromatic rings. The molecule has 0 bridgehead atoms. The summed E-state index contributed by atoms with van der Waals surface area (Å²) in [6.45, 7) is 0. The Bertz CT molecular complexity index is 427. The molecular weight excluding hydrogens is 260 g/mol. The first kappa shape index (κ1) is 14.6. The van der Waals surface area contributed by atoms with Gasteiger partial charge in [-0.3, -0.25) is 4.79 Å². The van der Waals surface area contributed by atoms with E-state index in [4.69, 9.17) is 0 Å². The van der Waals surface area contributed by atoms with E-state index in [1.54, 1.807) is 5.38 Å². The van der Waals surface area contributed by atoms with Gasteiger partial charge in [0.2, 0.25) is 0 Å². The normalized spacial score (nSPS) is 13.8. The van der Waals surface area contributed by atoms with E-state index in [-0.39, 0.29) is 16.9 Å². The van der Waals surface area contributed by atoms with Gasteiger partial charge in [-0.2, -0.15) is 0 Å². The third kappa shape index (κ3) is 3.28. The second kappa shape index (κ2) is 6.48. The number of methoxy groups -OCH3 is 2. The molecule has 0 aliphatic carbocycles. The second-order valence-corrected chi connectivity index (χ2v) is 4.41. The van der Waals surface area contributed by atoms with E-state index in [0.29, 0.717) is 0 Å². The fourth-order valence-corrected chi connectivity index (χ4v) is 2.24. The highest BCUT2D eigenvalue weighted by atomic mass is 32.1. The average Bonchev–Trinajstić information content (AvgIpc) is 2.85. The molecule has 2 atom stereocenters. The lowest BCUT2D eigenvalue weighted by molar-refractivity contribution is -0.144. The van der Waals surface area contributed by atoms with Crippen molar-refractivity contribution < 1.29 is 29.3 Å². The van der Waals surface area contributed by atoms with E-state index in [9.17, 15) is 19.8 Å². The molecule has 0 fully saturated rings. The molecule has 7 heteroatoms. The molecule has 0 radical (unpaired) electrons. The lowest BCUT2D eigenvalue weighted by Gasteiger charge is -2.16. The molecule has 1 heterocycles. The number of hydrogen-bond donors (Lipinski definition) is 2. The van der Waals surface area contributed by atoms with Crippen molar-refractivity contribution in [2.45, 2.75) is 18.6 Å². The monoisotopic (exact) mass is 274 g/mol. The predicted molar refractivity (Wildman–Crippen MR) is 63.3 cm³/mol. The SMILES string of the molecule is COC(=O)CC(O)C(O)c1ccsc1C(=O)OC. The van der Waals surface area contributed by atoms with Crippen LogP contribution in [0.15, 0.2) is 11.4 Å². The molecule has 2 unspecified atom stereocenters. The van der Waals surface area contributed by atoms with Crippen LogP contribution < -0.4 is 0 Å². The zero-order valence-electron chi connectivity index (χ0n) is 9.95. The summed E-state index contributed by atoms with van der Waals surface area (Å²) in [7, 11) is 2.41. The number of ether oxygens (including phenoxy) is 2. The third-order valence-electron chi connectivity index (χ3n) is 2.35. The van der Waals surface area contributed by atoms with Gasteiger partial charge in [0, 0.05) is 5.56 Å². The molecule has 0 aliphatic rings. The molecule has 0 aliphatic heterocycles. The van der Waals surface area contributed by atoms with Crippen molar-refractivity contribution in [2.75, 3.05) is 14.2 Å². The Balaban J connectivity index is 2.83. The first-order valence-electron chi connectivity index (χ1n) is 5.10. The molecule has 0 amide bonds. The van der Waals surface area contributed by atoms with Crippen molar-refractivity contribution in [3.05, 3.63) is 21.9 Å². The Labute approximate surface area is 108 Å².